The second-order valence-electron chi connectivity index (χ2n) is 6.44. The molecule has 2 aromatic rings. The monoisotopic (exact) mass is 324 g/mol. The van der Waals surface area contributed by atoms with Gasteiger partial charge in [0.1, 0.15) is 0 Å². The van der Waals surface area contributed by atoms with Crippen molar-refractivity contribution in [2.24, 2.45) is 5.73 Å². The third-order valence-electron chi connectivity index (χ3n) is 4.53. The molecule has 5 heteroatoms. The molecule has 1 atom stereocenters. The maximum absolute atomic E-state index is 12.8. The molecule has 1 aliphatic heterocycles. The van der Waals surface area contributed by atoms with E-state index in [1.165, 1.54) is 0 Å². The summed E-state index contributed by atoms with van der Waals surface area (Å²) in [7, 11) is 0. The van der Waals surface area contributed by atoms with Gasteiger partial charge in [0.25, 0.3) is 5.91 Å². The smallest absolute Gasteiger partial charge is 0.254 e. The van der Waals surface area contributed by atoms with Crippen LogP contribution in [0.4, 0.5) is 0 Å². The van der Waals surface area contributed by atoms with E-state index in [2.05, 4.69) is 9.97 Å². The molecule has 1 unspecified atom stereocenters. The number of nitrogens with zero attached hydrogens (tertiary/aromatic N) is 3. The largest absolute Gasteiger partial charge is 0.334 e. The molecular weight excluding hydrogens is 300 g/mol. The normalized spacial score (nSPS) is 17.8. The van der Waals surface area contributed by atoms with Crippen molar-refractivity contribution in [3.63, 3.8) is 0 Å². The minimum Gasteiger partial charge on any atom is -0.334 e. The molecule has 1 saturated heterocycles. The van der Waals surface area contributed by atoms with Crippen molar-refractivity contribution in [2.45, 2.75) is 39.2 Å². The summed E-state index contributed by atoms with van der Waals surface area (Å²) in [6.07, 6.45) is 3.20. The Balaban J connectivity index is 1.82. The van der Waals surface area contributed by atoms with Crippen LogP contribution in [0.2, 0.25) is 0 Å². The van der Waals surface area contributed by atoms with E-state index in [0.717, 1.165) is 42.8 Å². The van der Waals surface area contributed by atoms with Crippen molar-refractivity contribution in [3.05, 3.63) is 47.3 Å². The van der Waals surface area contributed by atoms with E-state index in [1.807, 2.05) is 49.1 Å². The van der Waals surface area contributed by atoms with E-state index in [-0.39, 0.29) is 11.9 Å². The standard InChI is InChI=1S/C19H24N4O/c1-13-11-14(2)22-18(21-13)15-6-8-16(9-7-15)19(24)23-10-4-3-5-17(23)12-20/h6-9,11,17H,3-5,10,12,20H2,1-2H3. The molecule has 126 valence electrons. The lowest BCUT2D eigenvalue weighted by Gasteiger charge is -2.35. The van der Waals surface area contributed by atoms with Crippen LogP contribution in [0.5, 0.6) is 0 Å². The fraction of sp³-hybridized carbons (Fsp3) is 0.421. The Morgan fingerprint density at radius 1 is 1.17 bits per heavy atom. The number of aromatic nitrogens is 2. The molecule has 0 saturated carbocycles. The topological polar surface area (TPSA) is 72.1 Å². The molecule has 1 fully saturated rings. The quantitative estimate of drug-likeness (QED) is 0.942. The third kappa shape index (κ3) is 3.46. The number of nitrogens with two attached hydrogens (primary N) is 1. The van der Waals surface area contributed by atoms with Gasteiger partial charge >= 0.3 is 0 Å². The van der Waals surface area contributed by atoms with Crippen LogP contribution in [0.25, 0.3) is 11.4 Å². The molecule has 2 heterocycles. The van der Waals surface area contributed by atoms with Gasteiger partial charge in [0.15, 0.2) is 5.82 Å². The first-order valence-electron chi connectivity index (χ1n) is 8.52. The number of rotatable bonds is 3. The third-order valence-corrected chi connectivity index (χ3v) is 4.53. The summed E-state index contributed by atoms with van der Waals surface area (Å²) in [6.45, 7) is 5.24. The Bertz CT molecular complexity index is 706. The van der Waals surface area contributed by atoms with E-state index in [0.29, 0.717) is 17.9 Å². The number of likely N-dealkylation sites (tertiary alicyclic amines) is 1. The van der Waals surface area contributed by atoms with Crippen molar-refractivity contribution in [1.29, 1.82) is 0 Å². The number of aryl methyl sites for hydroxylation is 2. The molecule has 1 aromatic heterocycles. The van der Waals surface area contributed by atoms with Crippen LogP contribution in [-0.2, 0) is 0 Å². The van der Waals surface area contributed by atoms with Gasteiger partial charge in [-0.15, -0.1) is 0 Å². The molecule has 2 N–H and O–H groups in total. The van der Waals surface area contributed by atoms with E-state index in [9.17, 15) is 4.79 Å². The fourth-order valence-corrected chi connectivity index (χ4v) is 3.30. The lowest BCUT2D eigenvalue weighted by Crippen LogP contribution is -2.47. The minimum absolute atomic E-state index is 0.0676. The first-order valence-corrected chi connectivity index (χ1v) is 8.52. The summed E-state index contributed by atoms with van der Waals surface area (Å²) in [4.78, 5) is 23.6. The number of hydrogen-bond acceptors (Lipinski definition) is 4. The first-order chi connectivity index (χ1) is 11.6. The van der Waals surface area contributed by atoms with Crippen molar-refractivity contribution in [3.8, 4) is 11.4 Å². The first kappa shape index (κ1) is 16.6. The molecule has 1 amide bonds. The second-order valence-corrected chi connectivity index (χ2v) is 6.44. The van der Waals surface area contributed by atoms with Crippen LogP contribution in [0.15, 0.2) is 30.3 Å². The van der Waals surface area contributed by atoms with Crippen LogP contribution < -0.4 is 5.73 Å². The molecule has 24 heavy (non-hydrogen) atoms. The number of carbonyl (C=O) groups is 1. The van der Waals surface area contributed by atoms with E-state index < -0.39 is 0 Å². The highest BCUT2D eigenvalue weighted by atomic mass is 16.2. The molecule has 0 aliphatic carbocycles. The average molecular weight is 324 g/mol. The molecule has 3 rings (SSSR count). The highest BCUT2D eigenvalue weighted by Gasteiger charge is 2.26. The highest BCUT2D eigenvalue weighted by Crippen LogP contribution is 2.21. The molecule has 0 spiro atoms. The summed E-state index contributed by atoms with van der Waals surface area (Å²) in [6, 6.07) is 9.67. The van der Waals surface area contributed by atoms with Crippen molar-refractivity contribution >= 4 is 5.91 Å². The zero-order chi connectivity index (χ0) is 17.1. The summed E-state index contributed by atoms with van der Waals surface area (Å²) >= 11 is 0. The van der Waals surface area contributed by atoms with Crippen molar-refractivity contribution < 1.29 is 4.79 Å². The molecule has 0 bridgehead atoms. The Morgan fingerprint density at radius 3 is 2.46 bits per heavy atom. The van der Waals surface area contributed by atoms with Gasteiger partial charge < -0.3 is 10.6 Å². The van der Waals surface area contributed by atoms with Gasteiger partial charge in [-0.2, -0.15) is 0 Å². The summed E-state index contributed by atoms with van der Waals surface area (Å²) in [5.74, 6) is 0.766. The van der Waals surface area contributed by atoms with Gasteiger partial charge in [0.05, 0.1) is 0 Å². The van der Waals surface area contributed by atoms with Gasteiger partial charge in [-0.1, -0.05) is 12.1 Å². The number of hydrogen-bond donors (Lipinski definition) is 1. The van der Waals surface area contributed by atoms with E-state index >= 15 is 0 Å². The maximum atomic E-state index is 12.8. The van der Waals surface area contributed by atoms with Crippen molar-refractivity contribution in [1.82, 2.24) is 14.9 Å². The van der Waals surface area contributed by atoms with Gasteiger partial charge in [0, 0.05) is 41.6 Å². The Labute approximate surface area is 142 Å². The lowest BCUT2D eigenvalue weighted by atomic mass is 10.0. The van der Waals surface area contributed by atoms with Crippen LogP contribution in [0.1, 0.15) is 41.0 Å². The fourth-order valence-electron chi connectivity index (χ4n) is 3.30. The van der Waals surface area contributed by atoms with Gasteiger partial charge in [-0.05, 0) is 51.3 Å². The molecule has 5 nitrogen and oxygen atoms in total. The molecule has 1 aliphatic rings. The average Bonchev–Trinajstić information content (AvgIpc) is 2.60. The summed E-state index contributed by atoms with van der Waals surface area (Å²) in [5.41, 5.74) is 9.33. The predicted octanol–water partition coefficient (Wildman–Crippen LogP) is 2.71. The zero-order valence-corrected chi connectivity index (χ0v) is 14.3. The Morgan fingerprint density at radius 2 is 1.83 bits per heavy atom. The van der Waals surface area contributed by atoms with Gasteiger partial charge in [0.2, 0.25) is 0 Å². The van der Waals surface area contributed by atoms with Gasteiger partial charge in [-0.3, -0.25) is 4.79 Å². The lowest BCUT2D eigenvalue weighted by molar-refractivity contribution is 0.0623. The van der Waals surface area contributed by atoms with Gasteiger partial charge in [-0.25, -0.2) is 9.97 Å². The summed E-state index contributed by atoms with van der Waals surface area (Å²) < 4.78 is 0. The highest BCUT2D eigenvalue weighted by molar-refractivity contribution is 5.95. The van der Waals surface area contributed by atoms with Crippen LogP contribution in [0, 0.1) is 13.8 Å². The Kier molecular flexibility index (Phi) is 4.90. The van der Waals surface area contributed by atoms with Crippen molar-refractivity contribution in [2.75, 3.05) is 13.1 Å². The van der Waals surface area contributed by atoms with Crippen LogP contribution in [0.3, 0.4) is 0 Å². The maximum Gasteiger partial charge on any atom is 0.254 e. The number of piperidine rings is 1. The number of carbonyl (C=O) groups excluding carboxylic acids is 1. The van der Waals surface area contributed by atoms with E-state index in [1.54, 1.807) is 0 Å². The zero-order valence-electron chi connectivity index (χ0n) is 14.3. The summed E-state index contributed by atoms with van der Waals surface area (Å²) in [5, 5.41) is 0. The van der Waals surface area contributed by atoms with Crippen LogP contribution in [-0.4, -0.2) is 39.9 Å². The SMILES string of the molecule is Cc1cc(C)nc(-c2ccc(C(=O)N3CCCCC3CN)cc2)n1. The Hall–Kier alpha value is -2.27. The van der Waals surface area contributed by atoms with E-state index in [4.69, 9.17) is 5.73 Å². The predicted molar refractivity (Wildman–Crippen MR) is 94.7 cm³/mol. The minimum atomic E-state index is 0.0676. The van der Waals surface area contributed by atoms with Crippen LogP contribution >= 0.6 is 0 Å². The molecule has 1 aromatic carbocycles. The molecular formula is C19H24N4O. The number of amides is 1. The number of benzene rings is 1. The molecule has 0 radical (unpaired) electrons. The second kappa shape index (κ2) is 7.09.